The molecule has 2 aromatic heterocycles. The van der Waals surface area contributed by atoms with Crippen molar-refractivity contribution in [2.24, 2.45) is 0 Å². The summed E-state index contributed by atoms with van der Waals surface area (Å²) in [5.74, 6) is 0. The van der Waals surface area contributed by atoms with Crippen molar-refractivity contribution in [1.29, 1.82) is 0 Å². The van der Waals surface area contributed by atoms with Crippen molar-refractivity contribution in [1.82, 2.24) is 15.3 Å². The molecule has 1 atom stereocenters. The molecule has 0 aliphatic heterocycles. The van der Waals surface area contributed by atoms with Crippen molar-refractivity contribution >= 4 is 11.3 Å². The van der Waals surface area contributed by atoms with Gasteiger partial charge in [0, 0.05) is 34.9 Å². The van der Waals surface area contributed by atoms with Crippen LogP contribution in [-0.2, 0) is 6.42 Å². The number of likely N-dealkylation sites (N-methyl/N-ethyl adjacent to an activating group) is 1. The number of thiazole rings is 1. The van der Waals surface area contributed by atoms with E-state index in [2.05, 4.69) is 39.7 Å². The number of hydrogen-bond donors (Lipinski definition) is 1. The minimum Gasteiger partial charge on any atom is -0.310 e. The number of nitrogens with one attached hydrogen (secondary N) is 1. The SMILES string of the molecule is CCNC(Cc1nc(C)cs1)c1cc(C)nc(C)c1. The van der Waals surface area contributed by atoms with Crippen LogP contribution < -0.4 is 5.32 Å². The van der Waals surface area contributed by atoms with Gasteiger partial charge in [-0.1, -0.05) is 6.92 Å². The van der Waals surface area contributed by atoms with Gasteiger partial charge in [-0.05, 0) is 45.0 Å². The fraction of sp³-hybridized carbons (Fsp3) is 0.467. The lowest BCUT2D eigenvalue weighted by molar-refractivity contribution is 0.547. The monoisotopic (exact) mass is 275 g/mol. The lowest BCUT2D eigenvalue weighted by Crippen LogP contribution is -2.23. The predicted molar refractivity (Wildman–Crippen MR) is 80.7 cm³/mol. The molecule has 2 rings (SSSR count). The topological polar surface area (TPSA) is 37.8 Å². The van der Waals surface area contributed by atoms with Crippen LogP contribution in [0.5, 0.6) is 0 Å². The molecule has 1 unspecified atom stereocenters. The van der Waals surface area contributed by atoms with Gasteiger partial charge in [0.2, 0.25) is 0 Å². The van der Waals surface area contributed by atoms with Crippen molar-refractivity contribution < 1.29 is 0 Å². The van der Waals surface area contributed by atoms with Crippen molar-refractivity contribution in [3.8, 4) is 0 Å². The fourth-order valence-corrected chi connectivity index (χ4v) is 3.11. The standard InChI is InChI=1S/C15H21N3S/c1-5-16-14(8-15-18-12(4)9-19-15)13-6-10(2)17-11(3)7-13/h6-7,9,14,16H,5,8H2,1-4H3. The molecule has 3 nitrogen and oxygen atoms in total. The number of nitrogens with zero attached hydrogens (tertiary/aromatic N) is 2. The Morgan fingerprint density at radius 2 is 1.79 bits per heavy atom. The van der Waals surface area contributed by atoms with Crippen LogP contribution in [-0.4, -0.2) is 16.5 Å². The summed E-state index contributed by atoms with van der Waals surface area (Å²) in [6.07, 6.45) is 0.940. The molecule has 19 heavy (non-hydrogen) atoms. The average molecular weight is 275 g/mol. The molecule has 2 aromatic rings. The summed E-state index contributed by atoms with van der Waals surface area (Å²) in [6.45, 7) is 9.24. The third kappa shape index (κ3) is 3.85. The zero-order valence-corrected chi connectivity index (χ0v) is 12.8. The van der Waals surface area contributed by atoms with Crippen LogP contribution in [0.15, 0.2) is 17.5 Å². The van der Waals surface area contributed by atoms with Crippen LogP contribution >= 0.6 is 11.3 Å². The Bertz CT molecular complexity index is 528. The molecule has 0 bridgehead atoms. The normalized spacial score (nSPS) is 12.6. The summed E-state index contributed by atoms with van der Waals surface area (Å²) < 4.78 is 0. The van der Waals surface area contributed by atoms with Gasteiger partial charge in [0.15, 0.2) is 0 Å². The van der Waals surface area contributed by atoms with E-state index in [1.807, 2.05) is 20.8 Å². The fourth-order valence-electron chi connectivity index (χ4n) is 2.29. The minimum absolute atomic E-state index is 0.316. The van der Waals surface area contributed by atoms with Crippen molar-refractivity contribution in [2.75, 3.05) is 6.54 Å². The van der Waals surface area contributed by atoms with Crippen LogP contribution in [0.3, 0.4) is 0 Å². The quantitative estimate of drug-likeness (QED) is 0.909. The Kier molecular flexibility index (Phi) is 4.66. The number of hydrogen-bond acceptors (Lipinski definition) is 4. The summed E-state index contributed by atoms with van der Waals surface area (Å²) >= 11 is 1.74. The van der Waals surface area contributed by atoms with Crippen LogP contribution in [0.25, 0.3) is 0 Å². The van der Waals surface area contributed by atoms with Gasteiger partial charge in [-0.3, -0.25) is 4.98 Å². The second kappa shape index (κ2) is 6.26. The van der Waals surface area contributed by atoms with E-state index in [-0.39, 0.29) is 0 Å². The summed E-state index contributed by atoms with van der Waals surface area (Å²) in [7, 11) is 0. The summed E-state index contributed by atoms with van der Waals surface area (Å²) in [4.78, 5) is 9.01. The molecule has 0 aromatic carbocycles. The zero-order chi connectivity index (χ0) is 13.8. The molecular formula is C15H21N3S. The third-order valence-corrected chi connectivity index (χ3v) is 3.99. The summed E-state index contributed by atoms with van der Waals surface area (Å²) in [5.41, 5.74) is 4.57. The van der Waals surface area contributed by atoms with Gasteiger partial charge < -0.3 is 5.32 Å². The number of pyridine rings is 1. The molecule has 102 valence electrons. The molecule has 0 fully saturated rings. The van der Waals surface area contributed by atoms with Crippen LogP contribution in [0.4, 0.5) is 0 Å². The first-order valence-electron chi connectivity index (χ1n) is 6.68. The van der Waals surface area contributed by atoms with Gasteiger partial charge in [0.05, 0.1) is 5.01 Å². The molecule has 0 saturated heterocycles. The highest BCUT2D eigenvalue weighted by Gasteiger charge is 2.14. The first kappa shape index (κ1) is 14.2. The first-order chi connectivity index (χ1) is 9.08. The highest BCUT2D eigenvalue weighted by Crippen LogP contribution is 2.21. The molecule has 0 amide bonds. The molecule has 4 heteroatoms. The molecular weight excluding hydrogens is 254 g/mol. The van der Waals surface area contributed by atoms with E-state index in [0.717, 1.165) is 30.0 Å². The molecule has 1 N–H and O–H groups in total. The maximum Gasteiger partial charge on any atom is 0.0947 e. The van der Waals surface area contributed by atoms with Crippen molar-refractivity contribution in [3.05, 3.63) is 45.2 Å². The minimum atomic E-state index is 0.316. The molecule has 0 radical (unpaired) electrons. The number of rotatable bonds is 5. The van der Waals surface area contributed by atoms with Gasteiger partial charge in [0.25, 0.3) is 0 Å². The Balaban J connectivity index is 2.23. The van der Waals surface area contributed by atoms with Crippen molar-refractivity contribution in [3.63, 3.8) is 0 Å². The van der Waals surface area contributed by atoms with E-state index in [1.165, 1.54) is 10.6 Å². The average Bonchev–Trinajstić information content (AvgIpc) is 2.73. The number of aryl methyl sites for hydroxylation is 3. The maximum atomic E-state index is 4.57. The Labute approximate surface area is 119 Å². The Hall–Kier alpha value is -1.26. The third-order valence-electron chi connectivity index (χ3n) is 3.00. The summed E-state index contributed by atoms with van der Waals surface area (Å²) in [5, 5.41) is 6.85. The predicted octanol–water partition coefficient (Wildman–Crippen LogP) is 3.36. The lowest BCUT2D eigenvalue weighted by atomic mass is 10.0. The van der Waals surface area contributed by atoms with E-state index in [0.29, 0.717) is 6.04 Å². The van der Waals surface area contributed by atoms with Gasteiger partial charge >= 0.3 is 0 Å². The van der Waals surface area contributed by atoms with Crippen molar-refractivity contribution in [2.45, 2.75) is 40.2 Å². The van der Waals surface area contributed by atoms with Gasteiger partial charge in [0.1, 0.15) is 0 Å². The molecule has 0 saturated carbocycles. The first-order valence-corrected chi connectivity index (χ1v) is 7.56. The second-order valence-corrected chi connectivity index (χ2v) is 5.82. The highest BCUT2D eigenvalue weighted by molar-refractivity contribution is 7.09. The smallest absolute Gasteiger partial charge is 0.0947 e. The van der Waals surface area contributed by atoms with Crippen LogP contribution in [0, 0.1) is 20.8 Å². The Morgan fingerprint density at radius 1 is 1.11 bits per heavy atom. The van der Waals surface area contributed by atoms with Gasteiger partial charge in [-0.2, -0.15) is 0 Å². The Morgan fingerprint density at radius 3 is 2.32 bits per heavy atom. The molecule has 0 aliphatic rings. The summed E-state index contributed by atoms with van der Waals surface area (Å²) in [6, 6.07) is 4.65. The van der Waals surface area contributed by atoms with E-state index in [1.54, 1.807) is 11.3 Å². The van der Waals surface area contributed by atoms with Crippen LogP contribution in [0.2, 0.25) is 0 Å². The molecule has 0 spiro atoms. The highest BCUT2D eigenvalue weighted by atomic mass is 32.1. The lowest BCUT2D eigenvalue weighted by Gasteiger charge is -2.18. The van der Waals surface area contributed by atoms with E-state index in [9.17, 15) is 0 Å². The molecule has 2 heterocycles. The van der Waals surface area contributed by atoms with E-state index < -0.39 is 0 Å². The zero-order valence-electron chi connectivity index (χ0n) is 12.0. The van der Waals surface area contributed by atoms with E-state index in [4.69, 9.17) is 0 Å². The number of aromatic nitrogens is 2. The second-order valence-electron chi connectivity index (χ2n) is 4.88. The van der Waals surface area contributed by atoms with Gasteiger partial charge in [-0.15, -0.1) is 11.3 Å². The molecule has 0 aliphatic carbocycles. The van der Waals surface area contributed by atoms with E-state index >= 15 is 0 Å². The maximum absolute atomic E-state index is 4.57. The largest absolute Gasteiger partial charge is 0.310 e. The van der Waals surface area contributed by atoms with Crippen LogP contribution in [0.1, 0.15) is 40.6 Å². The van der Waals surface area contributed by atoms with Gasteiger partial charge in [-0.25, -0.2) is 4.98 Å².